The van der Waals surface area contributed by atoms with Gasteiger partial charge in [-0.15, -0.1) is 0 Å². The molecule has 19 heavy (non-hydrogen) atoms. The van der Waals surface area contributed by atoms with Gasteiger partial charge in [-0.1, -0.05) is 24.3 Å². The van der Waals surface area contributed by atoms with Gasteiger partial charge in [-0.05, 0) is 19.4 Å². The van der Waals surface area contributed by atoms with E-state index >= 15 is 0 Å². The number of aryl methyl sites for hydroxylation is 2. The number of carboxylic acids is 1. The Bertz CT molecular complexity index is 689. The number of nitrogens with zero attached hydrogens (tertiary/aromatic N) is 2. The topological polar surface area (TPSA) is 72.2 Å². The SMILES string of the molecule is CCn1cc(C(=O)O)c(-c2ccccc2C)nc1=O. The Morgan fingerprint density at radius 2 is 2.05 bits per heavy atom. The predicted octanol–water partition coefficient (Wildman–Crippen LogP) is 1.94. The normalized spacial score (nSPS) is 10.4. The molecule has 0 spiro atoms. The molecule has 1 N–H and O–H groups in total. The molecule has 0 bridgehead atoms. The first-order valence-electron chi connectivity index (χ1n) is 5.95. The quantitative estimate of drug-likeness (QED) is 0.913. The van der Waals surface area contributed by atoms with E-state index in [1.54, 1.807) is 19.1 Å². The van der Waals surface area contributed by atoms with Crippen molar-refractivity contribution in [1.29, 1.82) is 0 Å². The Labute approximate surface area is 110 Å². The zero-order valence-corrected chi connectivity index (χ0v) is 10.8. The fraction of sp³-hybridized carbons (Fsp3) is 0.214. The first-order chi connectivity index (χ1) is 9.04. The van der Waals surface area contributed by atoms with Gasteiger partial charge < -0.3 is 5.11 Å². The third-order valence-corrected chi connectivity index (χ3v) is 2.96. The summed E-state index contributed by atoms with van der Waals surface area (Å²) in [6.45, 7) is 4.01. The molecule has 0 saturated carbocycles. The molecule has 0 aliphatic rings. The summed E-state index contributed by atoms with van der Waals surface area (Å²) in [5.41, 5.74) is 1.37. The van der Waals surface area contributed by atoms with Crippen molar-refractivity contribution in [1.82, 2.24) is 9.55 Å². The van der Waals surface area contributed by atoms with Crippen LogP contribution < -0.4 is 5.69 Å². The maximum absolute atomic E-state index is 11.8. The van der Waals surface area contributed by atoms with Crippen LogP contribution in [0.5, 0.6) is 0 Å². The van der Waals surface area contributed by atoms with Crippen molar-refractivity contribution in [3.05, 3.63) is 52.1 Å². The van der Waals surface area contributed by atoms with Crippen molar-refractivity contribution in [3.63, 3.8) is 0 Å². The number of aromatic nitrogens is 2. The van der Waals surface area contributed by atoms with Gasteiger partial charge in [0.25, 0.3) is 0 Å². The molecule has 0 aliphatic heterocycles. The lowest BCUT2D eigenvalue weighted by molar-refractivity contribution is 0.0696. The summed E-state index contributed by atoms with van der Waals surface area (Å²) in [6, 6.07) is 7.27. The zero-order valence-electron chi connectivity index (χ0n) is 10.8. The van der Waals surface area contributed by atoms with Crippen LogP contribution in [0.15, 0.2) is 35.3 Å². The van der Waals surface area contributed by atoms with Crippen LogP contribution in [0.25, 0.3) is 11.3 Å². The molecule has 2 aromatic rings. The summed E-state index contributed by atoms with van der Waals surface area (Å²) in [6.07, 6.45) is 1.35. The minimum Gasteiger partial charge on any atom is -0.478 e. The van der Waals surface area contributed by atoms with E-state index in [2.05, 4.69) is 4.98 Å². The minimum atomic E-state index is -1.09. The van der Waals surface area contributed by atoms with Crippen LogP contribution in [0.3, 0.4) is 0 Å². The molecule has 5 nitrogen and oxygen atoms in total. The van der Waals surface area contributed by atoms with E-state index in [0.717, 1.165) is 5.56 Å². The van der Waals surface area contributed by atoms with E-state index < -0.39 is 11.7 Å². The lowest BCUT2D eigenvalue weighted by Gasteiger charge is -2.10. The van der Waals surface area contributed by atoms with Gasteiger partial charge in [-0.2, -0.15) is 4.98 Å². The maximum atomic E-state index is 11.8. The molecule has 0 radical (unpaired) electrons. The third-order valence-electron chi connectivity index (χ3n) is 2.96. The monoisotopic (exact) mass is 258 g/mol. The van der Waals surface area contributed by atoms with Crippen molar-refractivity contribution >= 4 is 5.97 Å². The molecule has 5 heteroatoms. The molecule has 0 amide bonds. The molecule has 0 aliphatic carbocycles. The Balaban J connectivity index is 2.76. The minimum absolute atomic E-state index is 0.0377. The van der Waals surface area contributed by atoms with Crippen LogP contribution >= 0.6 is 0 Å². The van der Waals surface area contributed by atoms with E-state index in [9.17, 15) is 14.7 Å². The van der Waals surface area contributed by atoms with Gasteiger partial charge >= 0.3 is 11.7 Å². The number of carboxylic acid groups (broad SMARTS) is 1. The summed E-state index contributed by atoms with van der Waals surface area (Å²) < 4.78 is 1.28. The lowest BCUT2D eigenvalue weighted by atomic mass is 10.0. The first-order valence-corrected chi connectivity index (χ1v) is 5.95. The highest BCUT2D eigenvalue weighted by molar-refractivity contribution is 5.94. The van der Waals surface area contributed by atoms with Gasteiger partial charge in [0, 0.05) is 18.3 Å². The van der Waals surface area contributed by atoms with Gasteiger partial charge in [0.05, 0.1) is 5.69 Å². The Hall–Kier alpha value is -2.43. The highest BCUT2D eigenvalue weighted by Gasteiger charge is 2.17. The second-order valence-electron chi connectivity index (χ2n) is 4.19. The highest BCUT2D eigenvalue weighted by Crippen LogP contribution is 2.23. The third kappa shape index (κ3) is 2.40. The molecule has 0 unspecified atom stereocenters. The summed E-state index contributed by atoms with van der Waals surface area (Å²) in [4.78, 5) is 27.0. The number of hydrogen-bond donors (Lipinski definition) is 1. The van der Waals surface area contributed by atoms with Crippen LogP contribution in [0.4, 0.5) is 0 Å². The summed E-state index contributed by atoms with van der Waals surface area (Å²) in [5, 5.41) is 9.27. The molecular formula is C14H14N2O3. The zero-order chi connectivity index (χ0) is 14.0. The second kappa shape index (κ2) is 5.06. The van der Waals surface area contributed by atoms with Crippen molar-refractivity contribution in [3.8, 4) is 11.3 Å². The predicted molar refractivity (Wildman–Crippen MR) is 71.3 cm³/mol. The number of hydrogen-bond acceptors (Lipinski definition) is 3. The fourth-order valence-electron chi connectivity index (χ4n) is 1.92. The van der Waals surface area contributed by atoms with Crippen LogP contribution in [0.2, 0.25) is 0 Å². The lowest BCUT2D eigenvalue weighted by Crippen LogP contribution is -2.24. The number of aromatic carboxylic acids is 1. The Morgan fingerprint density at radius 1 is 1.37 bits per heavy atom. The van der Waals surface area contributed by atoms with E-state index in [1.807, 2.05) is 19.1 Å². The fourth-order valence-corrected chi connectivity index (χ4v) is 1.92. The molecule has 0 fully saturated rings. The summed E-state index contributed by atoms with van der Waals surface area (Å²) in [5.74, 6) is -1.09. The molecule has 1 aromatic heterocycles. The van der Waals surface area contributed by atoms with Gasteiger partial charge in [-0.3, -0.25) is 4.57 Å². The highest BCUT2D eigenvalue weighted by atomic mass is 16.4. The van der Waals surface area contributed by atoms with Crippen LogP contribution in [-0.4, -0.2) is 20.6 Å². The molecule has 1 aromatic carbocycles. The largest absolute Gasteiger partial charge is 0.478 e. The van der Waals surface area contributed by atoms with Crippen LogP contribution in [-0.2, 0) is 6.54 Å². The van der Waals surface area contributed by atoms with Crippen molar-refractivity contribution in [2.75, 3.05) is 0 Å². The van der Waals surface area contributed by atoms with Crippen molar-refractivity contribution in [2.24, 2.45) is 0 Å². The van der Waals surface area contributed by atoms with Crippen molar-refractivity contribution < 1.29 is 9.90 Å². The molecule has 98 valence electrons. The molecule has 0 saturated heterocycles. The maximum Gasteiger partial charge on any atom is 0.348 e. The standard InChI is InChI=1S/C14H14N2O3/c1-3-16-8-11(13(17)18)12(15-14(16)19)10-7-5-4-6-9(10)2/h4-8H,3H2,1-2H3,(H,17,18). The van der Waals surface area contributed by atoms with Gasteiger partial charge in [-0.25, -0.2) is 9.59 Å². The van der Waals surface area contributed by atoms with Crippen LogP contribution in [0, 0.1) is 6.92 Å². The van der Waals surface area contributed by atoms with E-state index in [1.165, 1.54) is 10.8 Å². The van der Waals surface area contributed by atoms with E-state index in [0.29, 0.717) is 12.1 Å². The van der Waals surface area contributed by atoms with Gasteiger partial charge in [0.2, 0.25) is 0 Å². The number of benzene rings is 1. The van der Waals surface area contributed by atoms with Crippen LogP contribution in [0.1, 0.15) is 22.8 Å². The smallest absolute Gasteiger partial charge is 0.348 e. The second-order valence-corrected chi connectivity index (χ2v) is 4.19. The van der Waals surface area contributed by atoms with E-state index in [-0.39, 0.29) is 11.3 Å². The Kier molecular flexibility index (Phi) is 3.46. The average molecular weight is 258 g/mol. The summed E-state index contributed by atoms with van der Waals surface area (Å²) >= 11 is 0. The van der Waals surface area contributed by atoms with Gasteiger partial charge in [0.1, 0.15) is 5.56 Å². The average Bonchev–Trinajstić information content (AvgIpc) is 2.38. The molecule has 1 heterocycles. The summed E-state index contributed by atoms with van der Waals surface area (Å²) in [7, 11) is 0. The van der Waals surface area contributed by atoms with Gasteiger partial charge in [0.15, 0.2) is 0 Å². The molecule has 2 rings (SSSR count). The number of rotatable bonds is 3. The molecule has 0 atom stereocenters. The van der Waals surface area contributed by atoms with E-state index in [4.69, 9.17) is 0 Å². The number of carbonyl (C=O) groups is 1. The first kappa shape index (κ1) is 13.0. The molecular weight excluding hydrogens is 244 g/mol. The van der Waals surface area contributed by atoms with Crippen molar-refractivity contribution in [2.45, 2.75) is 20.4 Å². The Morgan fingerprint density at radius 3 is 2.63 bits per heavy atom.